The fraction of sp³-hybridized carbons (Fsp3) is 0.0833. The molecule has 3 aromatic carbocycles. The number of aromatic amines is 1. The molecular weight excluding hydrogens is 364 g/mol. The molecule has 1 N–H and O–H groups in total. The van der Waals surface area contributed by atoms with Crippen LogP contribution in [0.25, 0.3) is 22.5 Å². The minimum Gasteiger partial charge on any atom is -0.465 e. The Morgan fingerprint density at radius 3 is 2.21 bits per heavy atom. The monoisotopic (exact) mass is 384 g/mol. The zero-order valence-corrected chi connectivity index (χ0v) is 16.0. The molecule has 4 rings (SSSR count). The number of carbonyl (C=O) groups is 1. The second kappa shape index (κ2) is 8.02. The predicted molar refractivity (Wildman–Crippen MR) is 113 cm³/mol. The first-order valence-corrected chi connectivity index (χ1v) is 9.28. The van der Waals surface area contributed by atoms with Gasteiger partial charge in [-0.2, -0.15) is 0 Å². The van der Waals surface area contributed by atoms with Crippen LogP contribution in [0, 0.1) is 0 Å². The van der Waals surface area contributed by atoms with Crippen LogP contribution in [0.1, 0.15) is 15.9 Å². The van der Waals surface area contributed by atoms with Crippen molar-refractivity contribution in [3.05, 3.63) is 107 Å². The van der Waals surface area contributed by atoms with Crippen molar-refractivity contribution in [2.45, 2.75) is 6.54 Å². The molecule has 4 aromatic rings. The molecule has 5 heteroatoms. The molecule has 0 fully saturated rings. The number of nitrogens with one attached hydrogen (secondary N) is 1. The maximum absolute atomic E-state index is 12.9. The number of nitrogens with zero attached hydrogens (tertiary/aromatic N) is 1. The lowest BCUT2D eigenvalue weighted by atomic mass is 10.0. The van der Waals surface area contributed by atoms with Crippen LogP contribution in [-0.4, -0.2) is 22.6 Å². The van der Waals surface area contributed by atoms with Crippen LogP contribution < -0.4 is 5.69 Å². The highest BCUT2D eigenvalue weighted by atomic mass is 16.5. The molecule has 0 atom stereocenters. The Balaban J connectivity index is 1.85. The van der Waals surface area contributed by atoms with E-state index in [0.29, 0.717) is 12.1 Å². The van der Waals surface area contributed by atoms with Gasteiger partial charge in [0.2, 0.25) is 0 Å². The molecule has 0 aliphatic rings. The van der Waals surface area contributed by atoms with Crippen LogP contribution >= 0.6 is 0 Å². The number of methoxy groups -OCH3 is 1. The summed E-state index contributed by atoms with van der Waals surface area (Å²) in [4.78, 5) is 27.8. The number of carbonyl (C=O) groups excluding carboxylic acids is 1. The summed E-state index contributed by atoms with van der Waals surface area (Å²) in [6, 6.07) is 26.7. The van der Waals surface area contributed by atoms with Crippen molar-refractivity contribution in [1.29, 1.82) is 0 Å². The van der Waals surface area contributed by atoms with Gasteiger partial charge in [-0.3, -0.25) is 4.57 Å². The highest BCUT2D eigenvalue weighted by Crippen LogP contribution is 2.30. The van der Waals surface area contributed by atoms with Gasteiger partial charge < -0.3 is 9.72 Å². The summed E-state index contributed by atoms with van der Waals surface area (Å²) < 4.78 is 6.51. The summed E-state index contributed by atoms with van der Waals surface area (Å²) in [5.41, 5.74) is 4.55. The van der Waals surface area contributed by atoms with Gasteiger partial charge in [0.1, 0.15) is 0 Å². The molecule has 1 heterocycles. The van der Waals surface area contributed by atoms with Gasteiger partial charge >= 0.3 is 11.7 Å². The lowest BCUT2D eigenvalue weighted by molar-refractivity contribution is 0.0600. The number of esters is 1. The summed E-state index contributed by atoms with van der Waals surface area (Å²) in [6.45, 7) is 0.331. The zero-order valence-electron chi connectivity index (χ0n) is 16.0. The van der Waals surface area contributed by atoms with Gasteiger partial charge in [-0.1, -0.05) is 72.8 Å². The SMILES string of the molecule is COC(=O)c1cccc(Cn2c(-c3ccccc3)c(-c3ccccc3)[nH]c2=O)c1. The standard InChI is InChI=1S/C24H20N2O3/c1-29-23(27)20-14-8-9-17(15-20)16-26-22(19-12-6-3-7-13-19)21(25-24(26)28)18-10-4-2-5-11-18/h2-15H,16H2,1H3,(H,25,28). The van der Waals surface area contributed by atoms with Crippen molar-refractivity contribution >= 4 is 5.97 Å². The average molecular weight is 384 g/mol. The number of ether oxygens (including phenoxy) is 1. The Morgan fingerprint density at radius 1 is 0.897 bits per heavy atom. The molecule has 0 saturated heterocycles. The summed E-state index contributed by atoms with van der Waals surface area (Å²) in [5.74, 6) is -0.401. The number of imidazole rings is 1. The summed E-state index contributed by atoms with van der Waals surface area (Å²) >= 11 is 0. The Bertz CT molecular complexity index is 1190. The number of hydrogen-bond acceptors (Lipinski definition) is 3. The Kier molecular flexibility index (Phi) is 5.12. The van der Waals surface area contributed by atoms with E-state index in [1.807, 2.05) is 66.7 Å². The molecule has 5 nitrogen and oxygen atoms in total. The van der Waals surface area contributed by atoms with Crippen LogP contribution in [0.15, 0.2) is 89.7 Å². The fourth-order valence-electron chi connectivity index (χ4n) is 3.43. The van der Waals surface area contributed by atoms with E-state index in [2.05, 4.69) is 4.98 Å². The van der Waals surface area contributed by atoms with Crippen molar-refractivity contribution in [2.75, 3.05) is 7.11 Å². The van der Waals surface area contributed by atoms with E-state index >= 15 is 0 Å². The Labute approximate surface area is 168 Å². The van der Waals surface area contributed by atoms with Crippen molar-refractivity contribution in [3.63, 3.8) is 0 Å². The van der Waals surface area contributed by atoms with Crippen LogP contribution in [0.4, 0.5) is 0 Å². The first-order valence-electron chi connectivity index (χ1n) is 9.28. The molecular formula is C24H20N2O3. The Morgan fingerprint density at radius 2 is 1.55 bits per heavy atom. The second-order valence-electron chi connectivity index (χ2n) is 6.66. The molecule has 0 bridgehead atoms. The van der Waals surface area contributed by atoms with Gasteiger partial charge in [0.25, 0.3) is 0 Å². The van der Waals surface area contributed by atoms with Gasteiger partial charge in [-0.25, -0.2) is 9.59 Å². The lowest BCUT2D eigenvalue weighted by Gasteiger charge is -2.11. The number of hydrogen-bond donors (Lipinski definition) is 1. The minimum absolute atomic E-state index is 0.203. The van der Waals surface area contributed by atoms with E-state index in [-0.39, 0.29) is 5.69 Å². The van der Waals surface area contributed by atoms with Gasteiger partial charge in [-0.15, -0.1) is 0 Å². The minimum atomic E-state index is -0.401. The highest BCUT2D eigenvalue weighted by molar-refractivity contribution is 5.89. The smallest absolute Gasteiger partial charge is 0.337 e. The molecule has 0 aliphatic carbocycles. The normalized spacial score (nSPS) is 10.7. The molecule has 0 radical (unpaired) electrons. The third-order valence-electron chi connectivity index (χ3n) is 4.78. The maximum Gasteiger partial charge on any atom is 0.337 e. The second-order valence-corrected chi connectivity index (χ2v) is 6.66. The summed E-state index contributed by atoms with van der Waals surface area (Å²) in [7, 11) is 1.35. The molecule has 0 unspecified atom stereocenters. The van der Waals surface area contributed by atoms with Gasteiger partial charge in [0, 0.05) is 11.1 Å². The quantitative estimate of drug-likeness (QED) is 0.521. The van der Waals surface area contributed by atoms with Gasteiger partial charge in [-0.05, 0) is 17.7 Å². The van der Waals surface area contributed by atoms with Crippen molar-refractivity contribution in [1.82, 2.24) is 9.55 Å². The van der Waals surface area contributed by atoms with Crippen LogP contribution in [0.5, 0.6) is 0 Å². The molecule has 0 aliphatic heterocycles. The number of H-pyrrole nitrogens is 1. The predicted octanol–water partition coefficient (Wildman–Crippen LogP) is 4.35. The highest BCUT2D eigenvalue weighted by Gasteiger charge is 2.18. The third kappa shape index (κ3) is 3.75. The molecule has 0 saturated carbocycles. The number of benzene rings is 3. The van der Waals surface area contributed by atoms with E-state index in [9.17, 15) is 9.59 Å². The molecule has 29 heavy (non-hydrogen) atoms. The first kappa shape index (κ1) is 18.5. The topological polar surface area (TPSA) is 64.1 Å². The van der Waals surface area contributed by atoms with Gasteiger partial charge in [0.15, 0.2) is 0 Å². The van der Waals surface area contributed by atoms with Crippen molar-refractivity contribution < 1.29 is 9.53 Å². The molecule has 0 spiro atoms. The van der Waals surface area contributed by atoms with E-state index in [1.165, 1.54) is 7.11 Å². The zero-order chi connectivity index (χ0) is 20.2. The molecule has 0 amide bonds. The third-order valence-corrected chi connectivity index (χ3v) is 4.78. The van der Waals surface area contributed by atoms with Crippen molar-refractivity contribution in [3.8, 4) is 22.5 Å². The van der Waals surface area contributed by atoms with E-state index in [0.717, 1.165) is 28.1 Å². The average Bonchev–Trinajstić information content (AvgIpc) is 3.10. The van der Waals surface area contributed by atoms with E-state index < -0.39 is 5.97 Å². The largest absolute Gasteiger partial charge is 0.465 e. The first-order chi connectivity index (χ1) is 14.2. The van der Waals surface area contributed by atoms with Crippen LogP contribution in [0.2, 0.25) is 0 Å². The van der Waals surface area contributed by atoms with E-state index in [4.69, 9.17) is 4.74 Å². The number of aromatic nitrogens is 2. The van der Waals surface area contributed by atoms with Crippen LogP contribution in [-0.2, 0) is 11.3 Å². The fourth-order valence-corrected chi connectivity index (χ4v) is 3.43. The summed E-state index contributed by atoms with van der Waals surface area (Å²) in [6.07, 6.45) is 0. The van der Waals surface area contributed by atoms with Crippen LogP contribution in [0.3, 0.4) is 0 Å². The van der Waals surface area contributed by atoms with E-state index in [1.54, 1.807) is 22.8 Å². The van der Waals surface area contributed by atoms with Crippen molar-refractivity contribution in [2.24, 2.45) is 0 Å². The lowest BCUT2D eigenvalue weighted by Crippen LogP contribution is -2.18. The Hall–Kier alpha value is -3.86. The molecule has 1 aromatic heterocycles. The maximum atomic E-state index is 12.9. The number of rotatable bonds is 5. The van der Waals surface area contributed by atoms with Gasteiger partial charge in [0.05, 0.1) is 30.6 Å². The molecule has 144 valence electrons. The summed E-state index contributed by atoms with van der Waals surface area (Å²) in [5, 5.41) is 0.